The Morgan fingerprint density at radius 3 is 2.61 bits per heavy atom. The maximum Gasteiger partial charge on any atom is 0.326 e. The van der Waals surface area contributed by atoms with Crippen molar-refractivity contribution in [1.29, 1.82) is 0 Å². The Kier molecular flexibility index (Phi) is 9.03. The van der Waals surface area contributed by atoms with Gasteiger partial charge >= 0.3 is 5.97 Å². The predicted molar refractivity (Wildman–Crippen MR) is 128 cm³/mol. The maximum absolute atomic E-state index is 13.0. The first-order valence-corrected chi connectivity index (χ1v) is 11.7. The van der Waals surface area contributed by atoms with Gasteiger partial charge in [0.2, 0.25) is 5.91 Å². The average molecular weight is 470 g/mol. The molecule has 0 radical (unpaired) electrons. The molecule has 1 amide bonds. The minimum Gasteiger partial charge on any atom is -0.480 e. The molecule has 2 N–H and O–H groups in total. The Morgan fingerprint density at radius 1 is 1.15 bits per heavy atom. The van der Waals surface area contributed by atoms with Gasteiger partial charge in [0.1, 0.15) is 6.04 Å². The van der Waals surface area contributed by atoms with E-state index in [1.54, 1.807) is 28.8 Å². The van der Waals surface area contributed by atoms with E-state index >= 15 is 0 Å². The van der Waals surface area contributed by atoms with Crippen molar-refractivity contribution in [2.24, 2.45) is 0 Å². The topological polar surface area (TPSA) is 111 Å². The number of benzene rings is 2. The van der Waals surface area contributed by atoms with E-state index in [-0.39, 0.29) is 17.7 Å². The summed E-state index contributed by atoms with van der Waals surface area (Å²) in [6.45, 7) is 3.43. The predicted octanol–water partition coefficient (Wildman–Crippen LogP) is 2.73. The van der Waals surface area contributed by atoms with Crippen molar-refractivity contribution >= 4 is 34.5 Å². The summed E-state index contributed by atoms with van der Waals surface area (Å²) in [4.78, 5) is 41.8. The molecule has 0 aliphatic rings. The molecule has 0 unspecified atom stereocenters. The molecule has 1 heterocycles. The van der Waals surface area contributed by atoms with Crippen LogP contribution in [-0.4, -0.2) is 51.5 Å². The van der Waals surface area contributed by atoms with Crippen molar-refractivity contribution in [3.05, 3.63) is 70.5 Å². The van der Waals surface area contributed by atoms with Crippen LogP contribution in [0.3, 0.4) is 0 Å². The molecule has 9 heteroatoms. The van der Waals surface area contributed by atoms with Crippen molar-refractivity contribution in [3.63, 3.8) is 0 Å². The Morgan fingerprint density at radius 2 is 1.88 bits per heavy atom. The van der Waals surface area contributed by atoms with E-state index in [9.17, 15) is 19.5 Å². The molecule has 3 aromatic rings. The van der Waals surface area contributed by atoms with Gasteiger partial charge in [0, 0.05) is 26.2 Å². The molecule has 0 saturated heterocycles. The molecule has 0 fully saturated rings. The maximum atomic E-state index is 13.0. The van der Waals surface area contributed by atoms with Crippen molar-refractivity contribution in [2.45, 2.75) is 37.5 Å². The molecule has 3 rings (SSSR count). The van der Waals surface area contributed by atoms with Crippen molar-refractivity contribution < 1.29 is 19.4 Å². The largest absolute Gasteiger partial charge is 0.480 e. The van der Waals surface area contributed by atoms with E-state index in [1.807, 2.05) is 37.3 Å². The van der Waals surface area contributed by atoms with Gasteiger partial charge < -0.3 is 15.2 Å². The molecular weight excluding hydrogens is 442 g/mol. The number of carbonyl (C=O) groups excluding carboxylic acids is 1. The summed E-state index contributed by atoms with van der Waals surface area (Å²) >= 11 is 1.11. The summed E-state index contributed by atoms with van der Waals surface area (Å²) in [5.74, 6) is -1.60. The number of hydrogen-bond acceptors (Lipinski definition) is 6. The first kappa shape index (κ1) is 24.5. The number of rotatable bonds is 12. The molecule has 0 saturated carbocycles. The first-order valence-electron chi connectivity index (χ1n) is 10.8. The molecule has 0 spiro atoms. The highest BCUT2D eigenvalue weighted by atomic mass is 32.2. The highest BCUT2D eigenvalue weighted by Gasteiger charge is 2.21. The van der Waals surface area contributed by atoms with E-state index < -0.39 is 17.9 Å². The normalized spacial score (nSPS) is 11.9. The van der Waals surface area contributed by atoms with Crippen LogP contribution in [0.25, 0.3) is 10.9 Å². The summed E-state index contributed by atoms with van der Waals surface area (Å²) in [6.07, 6.45) is 0.814. The summed E-state index contributed by atoms with van der Waals surface area (Å²) in [5.41, 5.74) is 1.20. The molecule has 0 aliphatic heterocycles. The molecule has 1 aromatic heterocycles. The molecule has 0 aliphatic carbocycles. The molecule has 0 bridgehead atoms. The Hall–Kier alpha value is -3.17. The van der Waals surface area contributed by atoms with Gasteiger partial charge in [-0.15, -0.1) is 0 Å². The third-order valence-electron chi connectivity index (χ3n) is 4.95. The van der Waals surface area contributed by atoms with Gasteiger partial charge in [-0.25, -0.2) is 9.78 Å². The van der Waals surface area contributed by atoms with E-state index in [0.717, 1.165) is 17.3 Å². The number of carboxylic acids is 1. The molecule has 2 aromatic carbocycles. The van der Waals surface area contributed by atoms with Crippen LogP contribution in [0.15, 0.2) is 64.5 Å². The fourth-order valence-electron chi connectivity index (χ4n) is 3.34. The van der Waals surface area contributed by atoms with Gasteiger partial charge in [-0.2, -0.15) is 0 Å². The highest BCUT2D eigenvalue weighted by molar-refractivity contribution is 7.99. The zero-order valence-electron chi connectivity index (χ0n) is 18.4. The number of carbonyl (C=O) groups is 2. The summed E-state index contributed by atoms with van der Waals surface area (Å²) in [7, 11) is 0. The Balaban J connectivity index is 1.72. The second kappa shape index (κ2) is 12.2. The number of ether oxygens (including phenoxy) is 1. The van der Waals surface area contributed by atoms with E-state index in [4.69, 9.17) is 4.74 Å². The number of thioether (sulfide) groups is 1. The van der Waals surface area contributed by atoms with Crippen LogP contribution in [0.5, 0.6) is 0 Å². The third-order valence-corrected chi connectivity index (χ3v) is 5.93. The van der Waals surface area contributed by atoms with Gasteiger partial charge in [-0.1, -0.05) is 54.2 Å². The highest BCUT2D eigenvalue weighted by Crippen LogP contribution is 2.18. The quantitative estimate of drug-likeness (QED) is 0.238. The Labute approximate surface area is 196 Å². The van der Waals surface area contributed by atoms with Crippen LogP contribution in [0, 0.1) is 0 Å². The SMILES string of the molecule is CCOCCCn1c(SCC(=O)N[C@@H](Cc2ccccc2)C(=O)O)nc2ccccc2c1=O. The smallest absolute Gasteiger partial charge is 0.326 e. The van der Waals surface area contributed by atoms with Gasteiger partial charge in [-0.05, 0) is 31.0 Å². The zero-order chi connectivity index (χ0) is 23.6. The van der Waals surface area contributed by atoms with Gasteiger partial charge in [0.05, 0.1) is 16.7 Å². The summed E-state index contributed by atoms with van der Waals surface area (Å²) in [5, 5.41) is 13.0. The van der Waals surface area contributed by atoms with Crippen LogP contribution >= 0.6 is 11.8 Å². The lowest BCUT2D eigenvalue weighted by Gasteiger charge is -2.16. The van der Waals surface area contributed by atoms with E-state index in [2.05, 4.69) is 10.3 Å². The molecule has 1 atom stereocenters. The third kappa shape index (κ3) is 6.90. The van der Waals surface area contributed by atoms with Gasteiger partial charge in [-0.3, -0.25) is 14.2 Å². The standard InChI is InChI=1S/C24H27N3O5S/c1-2-32-14-8-13-27-22(29)18-11-6-7-12-19(18)26-24(27)33-16-21(28)25-20(23(30)31)15-17-9-4-3-5-10-17/h3-7,9-12,20H,2,8,13-16H2,1H3,(H,25,28)(H,30,31)/t20-/m0/s1. The van der Waals surface area contributed by atoms with Crippen LogP contribution < -0.4 is 10.9 Å². The minimum atomic E-state index is -1.10. The lowest BCUT2D eigenvalue weighted by atomic mass is 10.1. The first-order chi connectivity index (χ1) is 16.0. The number of aliphatic carboxylic acids is 1. The fourth-order valence-corrected chi connectivity index (χ4v) is 4.18. The minimum absolute atomic E-state index is 0.0607. The van der Waals surface area contributed by atoms with Gasteiger partial charge in [0.25, 0.3) is 5.56 Å². The van der Waals surface area contributed by atoms with Crippen molar-refractivity contribution in [2.75, 3.05) is 19.0 Å². The van der Waals surface area contributed by atoms with Crippen molar-refractivity contribution in [1.82, 2.24) is 14.9 Å². The van der Waals surface area contributed by atoms with Gasteiger partial charge in [0.15, 0.2) is 5.16 Å². The van der Waals surface area contributed by atoms with Crippen molar-refractivity contribution in [3.8, 4) is 0 Å². The number of fused-ring (bicyclic) bond motifs is 1. The Bertz CT molecular complexity index is 1150. The second-order valence-corrected chi connectivity index (χ2v) is 8.30. The fraction of sp³-hybridized carbons (Fsp3) is 0.333. The summed E-state index contributed by atoms with van der Waals surface area (Å²) in [6, 6.07) is 15.2. The van der Waals surface area contributed by atoms with E-state index in [1.165, 1.54) is 0 Å². The number of nitrogens with one attached hydrogen (secondary N) is 1. The number of carboxylic acid groups (broad SMARTS) is 1. The van der Waals surface area contributed by atoms with Crippen LogP contribution in [0.2, 0.25) is 0 Å². The number of para-hydroxylation sites is 1. The lowest BCUT2D eigenvalue weighted by Crippen LogP contribution is -2.43. The second-order valence-electron chi connectivity index (χ2n) is 7.36. The van der Waals surface area contributed by atoms with E-state index in [0.29, 0.717) is 42.2 Å². The summed E-state index contributed by atoms with van der Waals surface area (Å²) < 4.78 is 6.93. The molecule has 174 valence electrons. The number of amides is 1. The molecule has 33 heavy (non-hydrogen) atoms. The lowest BCUT2D eigenvalue weighted by molar-refractivity contribution is -0.141. The number of aromatic nitrogens is 2. The van der Waals surface area contributed by atoms with Crippen LogP contribution in [-0.2, 0) is 27.3 Å². The average Bonchev–Trinajstić information content (AvgIpc) is 2.82. The zero-order valence-corrected chi connectivity index (χ0v) is 19.2. The monoisotopic (exact) mass is 469 g/mol. The van der Waals surface area contributed by atoms with Crippen LogP contribution in [0.4, 0.5) is 0 Å². The number of nitrogens with zero attached hydrogens (tertiary/aromatic N) is 2. The van der Waals surface area contributed by atoms with Crippen LogP contribution in [0.1, 0.15) is 18.9 Å². The number of hydrogen-bond donors (Lipinski definition) is 2. The molecule has 8 nitrogen and oxygen atoms in total. The molecular formula is C24H27N3O5S.